The van der Waals surface area contributed by atoms with Gasteiger partial charge in [0.1, 0.15) is 6.17 Å². The van der Waals surface area contributed by atoms with Gasteiger partial charge < -0.3 is 0 Å². The summed E-state index contributed by atoms with van der Waals surface area (Å²) in [6.45, 7) is 0. The maximum atomic E-state index is 12.0. The van der Waals surface area contributed by atoms with Crippen molar-refractivity contribution in [3.8, 4) is 0 Å². The molecule has 2 aliphatic rings. The molecule has 0 bridgehead atoms. The predicted molar refractivity (Wildman–Crippen MR) is 66.8 cm³/mol. The number of hydrogen-bond donors (Lipinski definition) is 1. The molecule has 0 aromatic heterocycles. The zero-order chi connectivity index (χ0) is 12.5. The van der Waals surface area contributed by atoms with Crippen LogP contribution in [0.3, 0.4) is 0 Å². The van der Waals surface area contributed by atoms with Gasteiger partial charge in [-0.05, 0) is 24.3 Å². The number of carbonyl (C=O) groups is 2. The molecule has 0 spiro atoms. The summed E-state index contributed by atoms with van der Waals surface area (Å²) in [6.07, 6.45) is 6.64. The van der Waals surface area contributed by atoms with Crippen LogP contribution in [0.4, 0.5) is 15.3 Å². The van der Waals surface area contributed by atoms with Crippen LogP contribution in [0.5, 0.6) is 0 Å². The van der Waals surface area contributed by atoms with Crippen LogP contribution in [0, 0.1) is 0 Å². The molecule has 5 heteroatoms. The fourth-order valence-corrected chi connectivity index (χ4v) is 2.08. The van der Waals surface area contributed by atoms with E-state index in [2.05, 4.69) is 5.32 Å². The highest BCUT2D eigenvalue weighted by Crippen LogP contribution is 2.24. The number of allylic oxidation sites excluding steroid dienone is 2. The molecule has 1 atom stereocenters. The normalized spacial score (nSPS) is 21.9. The number of anilines is 1. The van der Waals surface area contributed by atoms with Crippen molar-refractivity contribution in [3.63, 3.8) is 0 Å². The molecule has 4 amide bonds. The van der Waals surface area contributed by atoms with Crippen molar-refractivity contribution in [2.75, 3.05) is 4.90 Å². The number of imide groups is 1. The standard InChI is InChI=1S/C13H11N3O2/c17-12-14-13(18)16(10-6-2-1-3-7-10)11-8-4-5-9-15(11)12/h1-9,11H,(H,14,17,18). The lowest BCUT2D eigenvalue weighted by atomic mass is 10.2. The Labute approximate surface area is 104 Å². The number of carbonyl (C=O) groups excluding carboxylic acids is 2. The molecular weight excluding hydrogens is 230 g/mol. The van der Waals surface area contributed by atoms with E-state index in [0.717, 1.165) is 5.69 Å². The third kappa shape index (κ3) is 1.57. The van der Waals surface area contributed by atoms with Crippen molar-refractivity contribution in [1.29, 1.82) is 0 Å². The maximum absolute atomic E-state index is 12.0. The summed E-state index contributed by atoms with van der Waals surface area (Å²) in [7, 11) is 0. The van der Waals surface area contributed by atoms with E-state index in [1.807, 2.05) is 42.5 Å². The van der Waals surface area contributed by atoms with E-state index in [0.29, 0.717) is 0 Å². The summed E-state index contributed by atoms with van der Waals surface area (Å²) in [5.41, 5.74) is 0.748. The molecule has 1 unspecified atom stereocenters. The molecule has 2 heterocycles. The highest BCUT2D eigenvalue weighted by atomic mass is 16.2. The Hall–Kier alpha value is -2.56. The zero-order valence-corrected chi connectivity index (χ0v) is 9.48. The van der Waals surface area contributed by atoms with Crippen LogP contribution in [-0.2, 0) is 0 Å². The van der Waals surface area contributed by atoms with Gasteiger partial charge in [0.2, 0.25) is 0 Å². The molecule has 5 nitrogen and oxygen atoms in total. The Morgan fingerprint density at radius 2 is 1.78 bits per heavy atom. The minimum absolute atomic E-state index is 0.404. The van der Waals surface area contributed by atoms with Gasteiger partial charge in [0.05, 0.1) is 0 Å². The number of fused-ring (bicyclic) bond motifs is 1. The molecule has 18 heavy (non-hydrogen) atoms. The van der Waals surface area contributed by atoms with Gasteiger partial charge in [-0.2, -0.15) is 0 Å². The van der Waals surface area contributed by atoms with Crippen LogP contribution in [0.2, 0.25) is 0 Å². The molecule has 1 N–H and O–H groups in total. The van der Waals surface area contributed by atoms with Crippen LogP contribution in [0.1, 0.15) is 0 Å². The summed E-state index contributed by atoms with van der Waals surface area (Å²) < 4.78 is 0. The second-order valence-electron chi connectivity index (χ2n) is 3.99. The molecule has 0 aliphatic carbocycles. The Balaban J connectivity index is 2.02. The molecule has 3 rings (SSSR count). The van der Waals surface area contributed by atoms with Crippen molar-refractivity contribution in [3.05, 3.63) is 54.8 Å². The minimum Gasteiger partial charge on any atom is -0.276 e. The zero-order valence-electron chi connectivity index (χ0n) is 9.48. The van der Waals surface area contributed by atoms with Gasteiger partial charge >= 0.3 is 12.1 Å². The molecule has 1 saturated heterocycles. The Morgan fingerprint density at radius 1 is 1.00 bits per heavy atom. The number of para-hydroxylation sites is 1. The largest absolute Gasteiger partial charge is 0.331 e. The second-order valence-corrected chi connectivity index (χ2v) is 3.99. The average Bonchev–Trinajstić information content (AvgIpc) is 2.40. The summed E-state index contributed by atoms with van der Waals surface area (Å²) in [5, 5.41) is 2.32. The van der Waals surface area contributed by atoms with E-state index in [-0.39, 0.29) is 0 Å². The summed E-state index contributed by atoms with van der Waals surface area (Å²) in [6, 6.07) is 8.44. The smallest absolute Gasteiger partial charge is 0.276 e. The van der Waals surface area contributed by atoms with Crippen molar-refractivity contribution < 1.29 is 9.59 Å². The molecular formula is C13H11N3O2. The molecule has 2 aliphatic heterocycles. The fourth-order valence-electron chi connectivity index (χ4n) is 2.08. The number of nitrogens with zero attached hydrogens (tertiary/aromatic N) is 2. The molecule has 1 aromatic rings. The van der Waals surface area contributed by atoms with Crippen LogP contribution in [0.25, 0.3) is 0 Å². The van der Waals surface area contributed by atoms with Gasteiger partial charge in [-0.1, -0.05) is 24.3 Å². The first-order valence-corrected chi connectivity index (χ1v) is 5.60. The summed E-state index contributed by atoms with van der Waals surface area (Å²) in [5.74, 6) is 0. The van der Waals surface area contributed by atoms with Gasteiger partial charge in [-0.3, -0.25) is 15.1 Å². The maximum Gasteiger partial charge on any atom is 0.331 e. The summed E-state index contributed by atoms with van der Waals surface area (Å²) >= 11 is 0. The number of hydrogen-bond acceptors (Lipinski definition) is 2. The Kier molecular flexibility index (Phi) is 2.37. The van der Waals surface area contributed by atoms with Crippen LogP contribution < -0.4 is 10.2 Å². The van der Waals surface area contributed by atoms with E-state index in [1.165, 1.54) is 4.90 Å². The first-order valence-electron chi connectivity index (χ1n) is 5.60. The third-order valence-electron chi connectivity index (χ3n) is 2.89. The first kappa shape index (κ1) is 10.6. The lowest BCUT2D eigenvalue weighted by Gasteiger charge is -2.41. The lowest BCUT2D eigenvalue weighted by molar-refractivity contribution is 0.189. The number of amides is 4. The molecule has 1 aromatic carbocycles. The van der Waals surface area contributed by atoms with E-state index >= 15 is 0 Å². The van der Waals surface area contributed by atoms with Crippen LogP contribution in [-0.4, -0.2) is 23.1 Å². The SMILES string of the molecule is O=C1NC(=O)N(c2ccccc2)C2C=CC=CN12. The van der Waals surface area contributed by atoms with Crippen molar-refractivity contribution >= 4 is 17.7 Å². The predicted octanol–water partition coefficient (Wildman–Crippen LogP) is 2.05. The van der Waals surface area contributed by atoms with E-state index in [9.17, 15) is 9.59 Å². The first-order chi connectivity index (χ1) is 8.77. The van der Waals surface area contributed by atoms with Gasteiger partial charge in [-0.15, -0.1) is 0 Å². The van der Waals surface area contributed by atoms with Gasteiger partial charge in [0.25, 0.3) is 0 Å². The van der Waals surface area contributed by atoms with Gasteiger partial charge in [0, 0.05) is 11.9 Å². The molecule has 0 radical (unpaired) electrons. The fraction of sp³-hybridized carbons (Fsp3) is 0.0769. The number of rotatable bonds is 1. The lowest BCUT2D eigenvalue weighted by Crippen LogP contribution is -2.63. The van der Waals surface area contributed by atoms with Gasteiger partial charge in [-0.25, -0.2) is 9.59 Å². The topological polar surface area (TPSA) is 52.7 Å². The van der Waals surface area contributed by atoms with E-state index in [4.69, 9.17) is 0 Å². The van der Waals surface area contributed by atoms with E-state index < -0.39 is 18.2 Å². The Morgan fingerprint density at radius 3 is 2.56 bits per heavy atom. The van der Waals surface area contributed by atoms with Crippen molar-refractivity contribution in [1.82, 2.24) is 10.2 Å². The monoisotopic (exact) mass is 241 g/mol. The third-order valence-corrected chi connectivity index (χ3v) is 2.89. The van der Waals surface area contributed by atoms with E-state index in [1.54, 1.807) is 17.2 Å². The number of nitrogens with one attached hydrogen (secondary N) is 1. The minimum atomic E-state index is -0.410. The average molecular weight is 241 g/mol. The van der Waals surface area contributed by atoms with Crippen LogP contribution in [0.15, 0.2) is 54.8 Å². The molecule has 90 valence electrons. The quantitative estimate of drug-likeness (QED) is 0.818. The molecule has 0 saturated carbocycles. The summed E-state index contributed by atoms with van der Waals surface area (Å²) in [4.78, 5) is 26.7. The number of benzene rings is 1. The van der Waals surface area contributed by atoms with Crippen LogP contribution >= 0.6 is 0 Å². The van der Waals surface area contributed by atoms with Crippen molar-refractivity contribution in [2.45, 2.75) is 6.17 Å². The highest BCUT2D eigenvalue weighted by Gasteiger charge is 2.37. The highest BCUT2D eigenvalue weighted by molar-refractivity contribution is 6.06. The second kappa shape index (κ2) is 4.03. The Bertz CT molecular complexity index is 551. The van der Waals surface area contributed by atoms with Gasteiger partial charge in [0.15, 0.2) is 0 Å². The molecule has 1 fully saturated rings. The van der Waals surface area contributed by atoms with Crippen molar-refractivity contribution in [2.24, 2.45) is 0 Å². The number of urea groups is 2.